The number of hydrogen-bond acceptors (Lipinski definition) is 4. The first-order valence-corrected chi connectivity index (χ1v) is 9.14. The standard InChI is InChI=1S/C18H38N2O2/c1-2-3-4-5-6-7-8-9-10-11-12-13-14-15-18(21)17(19)16-22-20/h14-15,17-18,21H,2-13,16,19-20H2,1H3/b15-14+. The van der Waals surface area contributed by atoms with Crippen molar-refractivity contribution in [2.24, 2.45) is 11.6 Å². The van der Waals surface area contributed by atoms with Gasteiger partial charge in [0.05, 0.1) is 18.8 Å². The van der Waals surface area contributed by atoms with Crippen LogP contribution in [-0.4, -0.2) is 23.9 Å². The summed E-state index contributed by atoms with van der Waals surface area (Å²) >= 11 is 0. The summed E-state index contributed by atoms with van der Waals surface area (Å²) in [7, 11) is 0. The van der Waals surface area contributed by atoms with Crippen LogP contribution in [0.3, 0.4) is 0 Å². The van der Waals surface area contributed by atoms with Gasteiger partial charge in [-0.3, -0.25) is 0 Å². The molecule has 0 heterocycles. The highest BCUT2D eigenvalue weighted by molar-refractivity contribution is 4.93. The van der Waals surface area contributed by atoms with E-state index in [9.17, 15) is 5.11 Å². The van der Waals surface area contributed by atoms with Crippen molar-refractivity contribution in [2.45, 2.75) is 96.1 Å². The van der Waals surface area contributed by atoms with Gasteiger partial charge in [0.25, 0.3) is 0 Å². The summed E-state index contributed by atoms with van der Waals surface area (Å²) in [4.78, 5) is 4.42. The van der Waals surface area contributed by atoms with E-state index in [1.165, 1.54) is 70.6 Å². The summed E-state index contributed by atoms with van der Waals surface area (Å²) in [6.07, 6.45) is 19.0. The number of rotatable bonds is 16. The van der Waals surface area contributed by atoms with Gasteiger partial charge in [-0.25, -0.2) is 5.90 Å². The first kappa shape index (κ1) is 21.6. The molecule has 0 spiro atoms. The molecule has 22 heavy (non-hydrogen) atoms. The molecule has 0 aliphatic rings. The van der Waals surface area contributed by atoms with E-state index < -0.39 is 12.1 Å². The molecule has 0 saturated heterocycles. The second-order valence-electron chi connectivity index (χ2n) is 6.24. The molecular weight excluding hydrogens is 276 g/mol. The van der Waals surface area contributed by atoms with Crippen LogP contribution in [0, 0.1) is 0 Å². The van der Waals surface area contributed by atoms with Crippen LogP contribution in [0.1, 0.15) is 84.0 Å². The molecule has 0 rings (SSSR count). The average molecular weight is 315 g/mol. The van der Waals surface area contributed by atoms with Gasteiger partial charge in [-0.15, -0.1) is 0 Å². The highest BCUT2D eigenvalue weighted by Gasteiger charge is 2.10. The van der Waals surface area contributed by atoms with Gasteiger partial charge in [-0.1, -0.05) is 83.3 Å². The van der Waals surface area contributed by atoms with Crippen molar-refractivity contribution in [1.82, 2.24) is 0 Å². The molecule has 0 aromatic rings. The SMILES string of the molecule is CCCCCCCCCCCCC/C=C/C(O)C(N)CON. The molecule has 0 amide bonds. The Labute approximate surface area is 137 Å². The second-order valence-corrected chi connectivity index (χ2v) is 6.24. The zero-order valence-electron chi connectivity index (χ0n) is 14.5. The Kier molecular flexibility index (Phi) is 16.6. The van der Waals surface area contributed by atoms with E-state index in [4.69, 9.17) is 11.6 Å². The van der Waals surface area contributed by atoms with Crippen LogP contribution in [-0.2, 0) is 4.84 Å². The van der Waals surface area contributed by atoms with E-state index >= 15 is 0 Å². The minimum atomic E-state index is -0.670. The lowest BCUT2D eigenvalue weighted by atomic mass is 10.0. The number of hydrogen-bond donors (Lipinski definition) is 3. The maximum atomic E-state index is 9.68. The van der Waals surface area contributed by atoms with Crippen LogP contribution in [0.4, 0.5) is 0 Å². The number of aliphatic hydroxyl groups excluding tert-OH is 1. The molecule has 4 nitrogen and oxygen atoms in total. The lowest BCUT2D eigenvalue weighted by molar-refractivity contribution is 0.0814. The van der Waals surface area contributed by atoms with Gasteiger partial charge in [0.2, 0.25) is 0 Å². The smallest absolute Gasteiger partial charge is 0.0895 e. The predicted molar refractivity (Wildman–Crippen MR) is 94.3 cm³/mol. The quantitative estimate of drug-likeness (QED) is 0.230. The Morgan fingerprint density at radius 1 is 0.909 bits per heavy atom. The Morgan fingerprint density at radius 3 is 1.91 bits per heavy atom. The van der Waals surface area contributed by atoms with Crippen molar-refractivity contribution in [3.05, 3.63) is 12.2 Å². The highest BCUT2D eigenvalue weighted by Crippen LogP contribution is 2.12. The Bertz CT molecular complexity index is 247. The number of nitrogens with two attached hydrogens (primary N) is 2. The molecule has 0 fully saturated rings. The van der Waals surface area contributed by atoms with Gasteiger partial charge in [0.1, 0.15) is 0 Å². The van der Waals surface area contributed by atoms with Crippen molar-refractivity contribution >= 4 is 0 Å². The van der Waals surface area contributed by atoms with Crippen LogP contribution in [0.25, 0.3) is 0 Å². The minimum Gasteiger partial charge on any atom is -0.387 e. The summed E-state index contributed by atoms with van der Waals surface area (Å²) < 4.78 is 0. The average Bonchev–Trinajstić information content (AvgIpc) is 2.51. The van der Waals surface area contributed by atoms with E-state index in [1.807, 2.05) is 6.08 Å². The summed E-state index contributed by atoms with van der Waals surface area (Å²) in [5.74, 6) is 4.93. The summed E-state index contributed by atoms with van der Waals surface area (Å²) in [5, 5.41) is 9.68. The predicted octanol–water partition coefficient (Wildman–Crippen LogP) is 3.82. The number of aliphatic hydroxyl groups is 1. The molecule has 2 atom stereocenters. The van der Waals surface area contributed by atoms with Crippen LogP contribution in [0.15, 0.2) is 12.2 Å². The topological polar surface area (TPSA) is 81.5 Å². The van der Waals surface area contributed by atoms with Gasteiger partial charge in [-0.05, 0) is 12.8 Å². The van der Waals surface area contributed by atoms with E-state index in [0.717, 1.165) is 6.42 Å². The van der Waals surface area contributed by atoms with Gasteiger partial charge in [0, 0.05) is 0 Å². The summed E-state index contributed by atoms with van der Waals surface area (Å²) in [6.45, 7) is 2.43. The maximum absolute atomic E-state index is 9.68. The largest absolute Gasteiger partial charge is 0.387 e. The van der Waals surface area contributed by atoms with Crippen LogP contribution in [0.5, 0.6) is 0 Å². The molecule has 0 aliphatic carbocycles. The van der Waals surface area contributed by atoms with Crippen LogP contribution < -0.4 is 11.6 Å². The van der Waals surface area contributed by atoms with Crippen molar-refractivity contribution < 1.29 is 9.94 Å². The number of allylic oxidation sites excluding steroid dienone is 1. The molecule has 4 heteroatoms. The fraction of sp³-hybridized carbons (Fsp3) is 0.889. The van der Waals surface area contributed by atoms with Crippen LogP contribution in [0.2, 0.25) is 0 Å². The molecule has 0 radical (unpaired) electrons. The molecular formula is C18H38N2O2. The van der Waals surface area contributed by atoms with Gasteiger partial charge < -0.3 is 15.7 Å². The third-order valence-corrected chi connectivity index (χ3v) is 4.03. The third-order valence-electron chi connectivity index (χ3n) is 4.03. The molecule has 2 unspecified atom stereocenters. The van der Waals surface area contributed by atoms with Gasteiger partial charge in [-0.2, -0.15) is 0 Å². The fourth-order valence-electron chi connectivity index (χ4n) is 2.51. The first-order valence-electron chi connectivity index (χ1n) is 9.14. The second kappa shape index (κ2) is 16.9. The minimum absolute atomic E-state index is 0.171. The molecule has 0 saturated carbocycles. The van der Waals surface area contributed by atoms with Crippen molar-refractivity contribution in [3.8, 4) is 0 Å². The summed E-state index contributed by atoms with van der Waals surface area (Å²) in [5.41, 5.74) is 5.67. The molecule has 132 valence electrons. The first-order chi connectivity index (χ1) is 10.7. The Hall–Kier alpha value is -0.420. The molecule has 0 aromatic carbocycles. The van der Waals surface area contributed by atoms with E-state index in [1.54, 1.807) is 6.08 Å². The third kappa shape index (κ3) is 14.5. The Morgan fingerprint density at radius 2 is 1.41 bits per heavy atom. The molecule has 5 N–H and O–H groups in total. The van der Waals surface area contributed by atoms with E-state index in [-0.39, 0.29) is 6.61 Å². The van der Waals surface area contributed by atoms with Gasteiger partial charge >= 0.3 is 0 Å². The highest BCUT2D eigenvalue weighted by atomic mass is 16.6. The molecule has 0 aromatic heterocycles. The zero-order valence-corrected chi connectivity index (χ0v) is 14.5. The van der Waals surface area contributed by atoms with Crippen molar-refractivity contribution in [1.29, 1.82) is 0 Å². The summed E-state index contributed by atoms with van der Waals surface area (Å²) in [6, 6.07) is -0.446. The Balaban J connectivity index is 3.26. The lowest BCUT2D eigenvalue weighted by Crippen LogP contribution is -2.38. The number of unbranched alkanes of at least 4 members (excludes halogenated alkanes) is 11. The van der Waals surface area contributed by atoms with Crippen LogP contribution >= 0.6 is 0 Å². The van der Waals surface area contributed by atoms with E-state index in [0.29, 0.717) is 0 Å². The fourth-order valence-corrected chi connectivity index (χ4v) is 2.51. The monoisotopic (exact) mass is 314 g/mol. The normalized spacial score (nSPS) is 14.5. The van der Waals surface area contributed by atoms with Crippen molar-refractivity contribution in [2.75, 3.05) is 6.61 Å². The zero-order chi connectivity index (χ0) is 16.5. The molecule has 0 aliphatic heterocycles. The van der Waals surface area contributed by atoms with Crippen molar-refractivity contribution in [3.63, 3.8) is 0 Å². The lowest BCUT2D eigenvalue weighted by Gasteiger charge is -2.13. The van der Waals surface area contributed by atoms with Gasteiger partial charge in [0.15, 0.2) is 0 Å². The maximum Gasteiger partial charge on any atom is 0.0895 e. The van der Waals surface area contributed by atoms with E-state index in [2.05, 4.69) is 11.8 Å². The molecule has 0 bridgehead atoms.